The van der Waals surface area contributed by atoms with E-state index < -0.39 is 0 Å². The van der Waals surface area contributed by atoms with Gasteiger partial charge in [-0.3, -0.25) is 4.79 Å². The molecule has 0 aliphatic heterocycles. The summed E-state index contributed by atoms with van der Waals surface area (Å²) in [6.45, 7) is 17.2. The van der Waals surface area contributed by atoms with Gasteiger partial charge in [-0.05, 0) is 23.7 Å². The van der Waals surface area contributed by atoms with Gasteiger partial charge in [-0.15, -0.1) is 0 Å². The highest BCUT2D eigenvalue weighted by atomic mass is 16.1. The van der Waals surface area contributed by atoms with Crippen LogP contribution in [0, 0.1) is 16.7 Å². The van der Waals surface area contributed by atoms with Crippen molar-refractivity contribution in [3.63, 3.8) is 0 Å². The summed E-state index contributed by atoms with van der Waals surface area (Å²) in [5.74, 6) is 0.230. The maximum Gasteiger partial charge on any atom is 0.222 e. The van der Waals surface area contributed by atoms with Crippen LogP contribution < -0.4 is 5.32 Å². The van der Waals surface area contributed by atoms with Crippen LogP contribution in [-0.4, -0.2) is 11.9 Å². The predicted octanol–water partition coefficient (Wildman–Crippen LogP) is 4.00. The van der Waals surface area contributed by atoms with Gasteiger partial charge in [-0.2, -0.15) is 0 Å². The van der Waals surface area contributed by atoms with Crippen LogP contribution in [0.15, 0.2) is 0 Å². The molecule has 0 aromatic rings. The minimum Gasteiger partial charge on any atom is -0.353 e. The van der Waals surface area contributed by atoms with E-state index in [4.69, 9.17) is 0 Å². The monoisotopic (exact) mass is 241 g/mol. The first-order chi connectivity index (χ1) is 7.43. The summed E-state index contributed by atoms with van der Waals surface area (Å²) in [5, 5.41) is 3.19. The summed E-state index contributed by atoms with van der Waals surface area (Å²) < 4.78 is 0. The highest BCUT2D eigenvalue weighted by Crippen LogP contribution is 2.28. The molecule has 0 spiro atoms. The smallest absolute Gasteiger partial charge is 0.222 e. The summed E-state index contributed by atoms with van der Waals surface area (Å²) in [7, 11) is 0. The van der Waals surface area contributed by atoms with E-state index in [1.54, 1.807) is 0 Å². The second kappa shape index (κ2) is 5.88. The van der Waals surface area contributed by atoms with Crippen LogP contribution in [-0.2, 0) is 4.79 Å². The van der Waals surface area contributed by atoms with E-state index in [-0.39, 0.29) is 23.3 Å². The summed E-state index contributed by atoms with van der Waals surface area (Å²) in [6.07, 6.45) is 2.18. The molecule has 0 heterocycles. The summed E-state index contributed by atoms with van der Waals surface area (Å²) in [6, 6.07) is 0.261. The lowest BCUT2D eigenvalue weighted by atomic mass is 9.79. The second-order valence-electron chi connectivity index (χ2n) is 7.68. The number of hydrogen-bond donors (Lipinski definition) is 1. The molecule has 0 radical (unpaired) electrons. The second-order valence-corrected chi connectivity index (χ2v) is 7.68. The number of nitrogens with one attached hydrogen (secondary N) is 1. The van der Waals surface area contributed by atoms with Crippen molar-refractivity contribution >= 4 is 5.91 Å². The molecule has 1 N–H and O–H groups in total. The fourth-order valence-electron chi connectivity index (χ4n) is 1.64. The number of hydrogen-bond acceptors (Lipinski definition) is 1. The maximum absolute atomic E-state index is 11.8. The van der Waals surface area contributed by atoms with Gasteiger partial charge < -0.3 is 5.32 Å². The standard InChI is InChI=1S/C15H31NO/c1-11(2)13(17)16-12(15(6,7)8)9-10-14(3,4)5/h11-12H,9-10H2,1-8H3,(H,16,17). The lowest BCUT2D eigenvalue weighted by molar-refractivity contribution is -0.125. The molecule has 0 fully saturated rings. The van der Waals surface area contributed by atoms with Crippen molar-refractivity contribution in [2.75, 3.05) is 0 Å². The molecule has 102 valence electrons. The molecule has 0 rings (SSSR count). The Morgan fingerprint density at radius 3 is 1.82 bits per heavy atom. The number of carbonyl (C=O) groups is 1. The molecular weight excluding hydrogens is 210 g/mol. The van der Waals surface area contributed by atoms with Gasteiger partial charge in [-0.25, -0.2) is 0 Å². The average molecular weight is 241 g/mol. The van der Waals surface area contributed by atoms with Crippen LogP contribution in [0.1, 0.15) is 68.2 Å². The molecule has 1 atom stereocenters. The first-order valence-electron chi connectivity index (χ1n) is 6.74. The summed E-state index contributed by atoms with van der Waals surface area (Å²) in [4.78, 5) is 11.8. The molecule has 0 saturated carbocycles. The molecule has 0 aromatic heterocycles. The van der Waals surface area contributed by atoms with Crippen molar-refractivity contribution < 1.29 is 4.79 Å². The number of amides is 1. The Balaban J connectivity index is 4.52. The zero-order valence-electron chi connectivity index (χ0n) is 13.0. The van der Waals surface area contributed by atoms with E-state index in [0.29, 0.717) is 5.41 Å². The Hall–Kier alpha value is -0.530. The minimum atomic E-state index is 0.0643. The van der Waals surface area contributed by atoms with Crippen LogP contribution in [0.25, 0.3) is 0 Å². The van der Waals surface area contributed by atoms with Crippen molar-refractivity contribution in [2.24, 2.45) is 16.7 Å². The average Bonchev–Trinajstić information content (AvgIpc) is 2.07. The maximum atomic E-state index is 11.8. The van der Waals surface area contributed by atoms with E-state index in [1.165, 1.54) is 0 Å². The molecule has 0 aromatic carbocycles. The zero-order valence-corrected chi connectivity index (χ0v) is 13.0. The predicted molar refractivity (Wildman–Crippen MR) is 74.9 cm³/mol. The van der Waals surface area contributed by atoms with Gasteiger partial charge in [0.2, 0.25) is 5.91 Å². The molecular formula is C15H31NO. The van der Waals surface area contributed by atoms with Crippen LogP contribution in [0.4, 0.5) is 0 Å². The van der Waals surface area contributed by atoms with Crippen molar-refractivity contribution in [3.05, 3.63) is 0 Å². The van der Waals surface area contributed by atoms with Gasteiger partial charge in [-0.1, -0.05) is 55.4 Å². The summed E-state index contributed by atoms with van der Waals surface area (Å²) >= 11 is 0. The third kappa shape index (κ3) is 7.40. The Morgan fingerprint density at radius 2 is 1.53 bits per heavy atom. The minimum absolute atomic E-state index is 0.0643. The van der Waals surface area contributed by atoms with E-state index in [2.05, 4.69) is 46.9 Å². The van der Waals surface area contributed by atoms with Gasteiger partial charge in [0.1, 0.15) is 0 Å². The molecule has 2 nitrogen and oxygen atoms in total. The fourth-order valence-corrected chi connectivity index (χ4v) is 1.64. The van der Waals surface area contributed by atoms with Crippen molar-refractivity contribution in [1.29, 1.82) is 0 Å². The summed E-state index contributed by atoms with van der Waals surface area (Å²) in [5.41, 5.74) is 0.446. The first kappa shape index (κ1) is 16.5. The van der Waals surface area contributed by atoms with Crippen molar-refractivity contribution in [2.45, 2.75) is 74.3 Å². The van der Waals surface area contributed by atoms with Crippen LogP contribution in [0.3, 0.4) is 0 Å². The van der Waals surface area contributed by atoms with E-state index in [9.17, 15) is 4.79 Å². The Morgan fingerprint density at radius 1 is 1.06 bits per heavy atom. The largest absolute Gasteiger partial charge is 0.353 e. The number of carbonyl (C=O) groups excluding carboxylic acids is 1. The van der Waals surface area contributed by atoms with Crippen molar-refractivity contribution in [3.8, 4) is 0 Å². The Labute approximate surface area is 108 Å². The highest BCUT2D eigenvalue weighted by molar-refractivity contribution is 5.78. The van der Waals surface area contributed by atoms with Crippen LogP contribution in [0.5, 0.6) is 0 Å². The van der Waals surface area contributed by atoms with Crippen molar-refractivity contribution in [1.82, 2.24) is 5.32 Å². The van der Waals surface area contributed by atoms with E-state index in [1.807, 2.05) is 13.8 Å². The SMILES string of the molecule is CC(C)C(=O)NC(CCC(C)(C)C)C(C)(C)C. The van der Waals surface area contributed by atoms with Gasteiger partial charge >= 0.3 is 0 Å². The number of rotatable bonds is 4. The highest BCUT2D eigenvalue weighted by Gasteiger charge is 2.28. The molecule has 2 heteroatoms. The molecule has 0 bridgehead atoms. The molecule has 0 saturated heterocycles. The molecule has 1 unspecified atom stereocenters. The topological polar surface area (TPSA) is 29.1 Å². The van der Waals surface area contributed by atoms with Gasteiger partial charge in [0.05, 0.1) is 0 Å². The van der Waals surface area contributed by atoms with Gasteiger partial charge in [0.25, 0.3) is 0 Å². The third-order valence-corrected chi connectivity index (χ3v) is 3.07. The first-order valence-corrected chi connectivity index (χ1v) is 6.74. The Kier molecular flexibility index (Phi) is 5.70. The van der Waals surface area contributed by atoms with Crippen LogP contribution in [0.2, 0.25) is 0 Å². The molecule has 0 aliphatic carbocycles. The molecule has 0 aliphatic rings. The molecule has 17 heavy (non-hydrogen) atoms. The molecule has 1 amide bonds. The Bertz CT molecular complexity index is 243. The fraction of sp³-hybridized carbons (Fsp3) is 0.933. The lowest BCUT2D eigenvalue weighted by Crippen LogP contribution is -2.45. The van der Waals surface area contributed by atoms with E-state index >= 15 is 0 Å². The lowest BCUT2D eigenvalue weighted by Gasteiger charge is -2.34. The quantitative estimate of drug-likeness (QED) is 0.792. The van der Waals surface area contributed by atoms with Gasteiger partial charge in [0, 0.05) is 12.0 Å². The van der Waals surface area contributed by atoms with E-state index in [0.717, 1.165) is 12.8 Å². The third-order valence-electron chi connectivity index (χ3n) is 3.07. The normalized spacial score (nSPS) is 14.9. The van der Waals surface area contributed by atoms with Crippen LogP contribution >= 0.6 is 0 Å². The zero-order chi connectivity index (χ0) is 13.9. The van der Waals surface area contributed by atoms with Gasteiger partial charge in [0.15, 0.2) is 0 Å².